The van der Waals surface area contributed by atoms with Crippen LogP contribution in [0.2, 0.25) is 0 Å². The van der Waals surface area contributed by atoms with E-state index < -0.39 is 0 Å². The molecular weight excluding hydrogens is 299 g/mol. The van der Waals surface area contributed by atoms with Crippen LogP contribution in [0.3, 0.4) is 0 Å². The average Bonchev–Trinajstić information content (AvgIpc) is 2.74. The molecule has 1 aromatic heterocycles. The lowest BCUT2D eigenvalue weighted by atomic mass is 10.2. The molecule has 5 heteroatoms. The Morgan fingerprint density at radius 2 is 2.00 bits per heavy atom. The van der Waals surface area contributed by atoms with Crippen molar-refractivity contribution in [2.45, 2.75) is 0 Å². The summed E-state index contributed by atoms with van der Waals surface area (Å²) in [6, 6.07) is 9.62. The summed E-state index contributed by atoms with van der Waals surface area (Å²) in [6.07, 6.45) is 0. The fourth-order valence-corrected chi connectivity index (χ4v) is 2.09. The van der Waals surface area contributed by atoms with Crippen molar-refractivity contribution < 1.29 is 8.81 Å². The van der Waals surface area contributed by atoms with Gasteiger partial charge in [-0.25, -0.2) is 9.37 Å². The van der Waals surface area contributed by atoms with Crippen LogP contribution in [0.5, 0.6) is 0 Å². The van der Waals surface area contributed by atoms with Crippen molar-refractivity contribution in [2.24, 2.45) is 0 Å². The molecule has 1 heterocycles. The molecule has 0 amide bonds. The van der Waals surface area contributed by atoms with E-state index in [1.165, 1.54) is 12.1 Å². The Bertz CT molecular complexity index is 739. The summed E-state index contributed by atoms with van der Waals surface area (Å²) in [5, 5.41) is 0. The molecule has 3 rings (SSSR count). The summed E-state index contributed by atoms with van der Waals surface area (Å²) in [5.41, 5.74) is 8.13. The summed E-state index contributed by atoms with van der Waals surface area (Å²) in [6.45, 7) is 0. The maximum atomic E-state index is 13.1. The molecule has 0 saturated heterocycles. The van der Waals surface area contributed by atoms with Gasteiger partial charge in [0.15, 0.2) is 5.58 Å². The summed E-state index contributed by atoms with van der Waals surface area (Å²) in [5.74, 6) is 0.0407. The minimum atomic E-state index is -0.343. The molecule has 0 aliphatic heterocycles. The van der Waals surface area contributed by atoms with Crippen molar-refractivity contribution in [3.8, 4) is 11.5 Å². The number of oxazole rings is 1. The molecule has 0 aliphatic rings. The molecule has 0 spiro atoms. The lowest BCUT2D eigenvalue weighted by molar-refractivity contribution is 0.614. The highest BCUT2D eigenvalue weighted by Crippen LogP contribution is 2.30. The number of nitrogens with zero attached hydrogens (tertiary/aromatic N) is 1. The van der Waals surface area contributed by atoms with Crippen LogP contribution in [-0.4, -0.2) is 4.98 Å². The molecule has 0 bridgehead atoms. The van der Waals surface area contributed by atoms with Gasteiger partial charge in [-0.1, -0.05) is 15.9 Å². The zero-order valence-corrected chi connectivity index (χ0v) is 10.7. The predicted octanol–water partition coefficient (Wildman–Crippen LogP) is 3.98. The maximum absolute atomic E-state index is 13.1. The second kappa shape index (κ2) is 4.10. The lowest BCUT2D eigenvalue weighted by Crippen LogP contribution is -1.89. The smallest absolute Gasteiger partial charge is 0.229 e. The first-order valence-electron chi connectivity index (χ1n) is 5.25. The monoisotopic (exact) mass is 306 g/mol. The van der Waals surface area contributed by atoms with E-state index in [-0.39, 0.29) is 5.82 Å². The SMILES string of the molecule is Nc1ccc(Br)cc1-c1nc2cc(F)ccc2o1. The van der Waals surface area contributed by atoms with Crippen molar-refractivity contribution in [1.82, 2.24) is 4.98 Å². The molecule has 0 atom stereocenters. The van der Waals surface area contributed by atoms with Crippen LogP contribution >= 0.6 is 15.9 Å². The number of halogens is 2. The molecule has 18 heavy (non-hydrogen) atoms. The fourth-order valence-electron chi connectivity index (χ4n) is 1.73. The Morgan fingerprint density at radius 3 is 2.83 bits per heavy atom. The van der Waals surface area contributed by atoms with Gasteiger partial charge in [0.25, 0.3) is 0 Å². The van der Waals surface area contributed by atoms with Crippen molar-refractivity contribution in [1.29, 1.82) is 0 Å². The number of hydrogen-bond donors (Lipinski definition) is 1. The highest BCUT2D eigenvalue weighted by Gasteiger charge is 2.12. The third kappa shape index (κ3) is 1.86. The Balaban J connectivity index is 2.22. The normalized spacial score (nSPS) is 11.0. The molecule has 0 radical (unpaired) electrons. The molecule has 3 nitrogen and oxygen atoms in total. The highest BCUT2D eigenvalue weighted by molar-refractivity contribution is 9.10. The average molecular weight is 307 g/mol. The van der Waals surface area contributed by atoms with E-state index in [4.69, 9.17) is 10.2 Å². The molecule has 90 valence electrons. The first-order chi connectivity index (χ1) is 8.63. The van der Waals surface area contributed by atoms with Crippen LogP contribution < -0.4 is 5.73 Å². The number of aromatic nitrogens is 1. The largest absolute Gasteiger partial charge is 0.436 e. The number of nitrogen functional groups attached to an aromatic ring is 1. The molecular formula is C13H8BrFN2O. The third-order valence-electron chi connectivity index (χ3n) is 2.60. The van der Waals surface area contributed by atoms with Gasteiger partial charge in [-0.15, -0.1) is 0 Å². The third-order valence-corrected chi connectivity index (χ3v) is 3.09. The number of nitrogens with two attached hydrogens (primary N) is 1. The van der Waals surface area contributed by atoms with Crippen molar-refractivity contribution >= 4 is 32.7 Å². The lowest BCUT2D eigenvalue weighted by Gasteiger charge is -2.01. The van der Waals surface area contributed by atoms with Crippen LogP contribution in [-0.2, 0) is 0 Å². The number of fused-ring (bicyclic) bond motifs is 1. The molecule has 2 N–H and O–H groups in total. The molecule has 0 fully saturated rings. The van der Waals surface area contributed by atoms with Gasteiger partial charge in [-0.2, -0.15) is 0 Å². The van der Waals surface area contributed by atoms with Crippen LogP contribution in [0.1, 0.15) is 0 Å². The summed E-state index contributed by atoms with van der Waals surface area (Å²) < 4.78 is 19.5. The Kier molecular flexibility index (Phi) is 2.56. The fraction of sp³-hybridized carbons (Fsp3) is 0. The highest BCUT2D eigenvalue weighted by atomic mass is 79.9. The summed E-state index contributed by atoms with van der Waals surface area (Å²) >= 11 is 3.36. The van der Waals surface area contributed by atoms with Gasteiger partial charge in [0.1, 0.15) is 11.3 Å². The zero-order chi connectivity index (χ0) is 12.7. The zero-order valence-electron chi connectivity index (χ0n) is 9.15. The van der Waals surface area contributed by atoms with Gasteiger partial charge in [0.2, 0.25) is 5.89 Å². The van der Waals surface area contributed by atoms with Gasteiger partial charge in [0.05, 0.1) is 5.56 Å². The van der Waals surface area contributed by atoms with E-state index in [1.807, 2.05) is 12.1 Å². The Morgan fingerprint density at radius 1 is 1.17 bits per heavy atom. The predicted molar refractivity (Wildman–Crippen MR) is 71.5 cm³/mol. The number of anilines is 1. The Hall–Kier alpha value is -1.88. The van der Waals surface area contributed by atoms with E-state index in [1.54, 1.807) is 12.1 Å². The van der Waals surface area contributed by atoms with E-state index in [2.05, 4.69) is 20.9 Å². The van der Waals surface area contributed by atoms with Crippen molar-refractivity contribution in [3.05, 3.63) is 46.7 Å². The minimum absolute atomic E-state index is 0.343. The number of rotatable bonds is 1. The van der Waals surface area contributed by atoms with Crippen LogP contribution in [0, 0.1) is 5.82 Å². The molecule has 0 saturated carbocycles. The van der Waals surface area contributed by atoms with E-state index in [0.717, 1.165) is 4.47 Å². The molecule has 0 aliphatic carbocycles. The first kappa shape index (κ1) is 11.2. The number of hydrogen-bond acceptors (Lipinski definition) is 3. The van der Waals surface area contributed by atoms with E-state index >= 15 is 0 Å². The Labute approximate surface area is 111 Å². The summed E-state index contributed by atoms with van der Waals surface area (Å²) in [4.78, 5) is 4.24. The molecule has 0 unspecified atom stereocenters. The summed E-state index contributed by atoms with van der Waals surface area (Å²) in [7, 11) is 0. The van der Waals surface area contributed by atoms with Crippen LogP contribution in [0.15, 0.2) is 45.3 Å². The molecule has 3 aromatic rings. The van der Waals surface area contributed by atoms with Gasteiger partial charge >= 0.3 is 0 Å². The van der Waals surface area contributed by atoms with E-state index in [0.29, 0.717) is 28.2 Å². The number of benzene rings is 2. The van der Waals surface area contributed by atoms with Crippen LogP contribution in [0.4, 0.5) is 10.1 Å². The topological polar surface area (TPSA) is 52.0 Å². The minimum Gasteiger partial charge on any atom is -0.436 e. The van der Waals surface area contributed by atoms with Crippen molar-refractivity contribution in [2.75, 3.05) is 5.73 Å². The van der Waals surface area contributed by atoms with Gasteiger partial charge < -0.3 is 10.2 Å². The first-order valence-corrected chi connectivity index (χ1v) is 6.04. The maximum Gasteiger partial charge on any atom is 0.229 e. The quantitative estimate of drug-likeness (QED) is 0.692. The van der Waals surface area contributed by atoms with Gasteiger partial charge in [0, 0.05) is 16.2 Å². The molecule has 2 aromatic carbocycles. The van der Waals surface area contributed by atoms with E-state index in [9.17, 15) is 4.39 Å². The van der Waals surface area contributed by atoms with Crippen molar-refractivity contribution in [3.63, 3.8) is 0 Å². The van der Waals surface area contributed by atoms with Gasteiger partial charge in [-0.3, -0.25) is 0 Å². The second-order valence-corrected chi connectivity index (χ2v) is 4.78. The van der Waals surface area contributed by atoms with Gasteiger partial charge in [-0.05, 0) is 30.3 Å². The standard InChI is InChI=1S/C13H8BrFN2O/c14-7-1-3-10(16)9(5-7)13-17-11-6-8(15)2-4-12(11)18-13/h1-6H,16H2. The second-order valence-electron chi connectivity index (χ2n) is 3.86. The van der Waals surface area contributed by atoms with Crippen LogP contribution in [0.25, 0.3) is 22.6 Å².